The minimum Gasteiger partial charge on any atom is -0.493 e. The Morgan fingerprint density at radius 1 is 1.28 bits per heavy atom. The van der Waals surface area contributed by atoms with Crippen LogP contribution < -0.4 is 9.47 Å². The summed E-state index contributed by atoms with van der Waals surface area (Å²) in [5.41, 5.74) is 0.671. The van der Waals surface area contributed by atoms with E-state index >= 15 is 0 Å². The van der Waals surface area contributed by atoms with Crippen LogP contribution in [0.2, 0.25) is 0 Å². The number of hydrogen-bond donors (Lipinski definition) is 0. The standard InChI is InChI=1S/C15H15N5O5/c1-9-16-7-14(20(21)22)19(9)8-13-17-15(18-25-13)10-4-5-11(23-2)12(6-10)24-3/h4-7H,8H2,1-3H3. The molecule has 0 aliphatic rings. The minimum atomic E-state index is -0.508. The van der Waals surface area contributed by atoms with E-state index in [1.165, 1.54) is 17.9 Å². The van der Waals surface area contributed by atoms with Gasteiger partial charge in [0.1, 0.15) is 6.20 Å². The average molecular weight is 345 g/mol. The number of aryl methyl sites for hydroxylation is 1. The van der Waals surface area contributed by atoms with Crippen LogP contribution in [0.3, 0.4) is 0 Å². The predicted molar refractivity (Wildman–Crippen MR) is 85.6 cm³/mol. The SMILES string of the molecule is COc1ccc(-c2noc(Cn3c([N+](=O)[O-])cnc3C)n2)cc1OC. The summed E-state index contributed by atoms with van der Waals surface area (Å²) in [5, 5.41) is 15.0. The molecule has 0 unspecified atom stereocenters. The van der Waals surface area contributed by atoms with Gasteiger partial charge in [-0.15, -0.1) is 0 Å². The van der Waals surface area contributed by atoms with Gasteiger partial charge in [-0.05, 0) is 23.1 Å². The van der Waals surface area contributed by atoms with Crippen LogP contribution in [0.25, 0.3) is 11.4 Å². The topological polar surface area (TPSA) is 118 Å². The number of aromatic nitrogens is 4. The third kappa shape index (κ3) is 3.13. The number of rotatable bonds is 6. The van der Waals surface area contributed by atoms with E-state index in [4.69, 9.17) is 14.0 Å². The highest BCUT2D eigenvalue weighted by Crippen LogP contribution is 2.31. The van der Waals surface area contributed by atoms with Gasteiger partial charge < -0.3 is 24.1 Å². The molecule has 10 heteroatoms. The van der Waals surface area contributed by atoms with Crippen molar-refractivity contribution in [1.29, 1.82) is 0 Å². The maximum Gasteiger partial charge on any atom is 0.343 e. The molecule has 2 aromatic heterocycles. The first-order chi connectivity index (χ1) is 12.0. The molecule has 0 aliphatic heterocycles. The van der Waals surface area contributed by atoms with Gasteiger partial charge in [0.05, 0.1) is 14.2 Å². The van der Waals surface area contributed by atoms with Crippen LogP contribution in [0.1, 0.15) is 11.7 Å². The van der Waals surface area contributed by atoms with E-state index in [9.17, 15) is 10.1 Å². The van der Waals surface area contributed by atoms with E-state index in [1.54, 1.807) is 32.2 Å². The van der Waals surface area contributed by atoms with E-state index in [0.29, 0.717) is 28.7 Å². The first-order valence-corrected chi connectivity index (χ1v) is 7.25. The van der Waals surface area contributed by atoms with Gasteiger partial charge in [-0.2, -0.15) is 4.98 Å². The molecule has 0 saturated carbocycles. The van der Waals surface area contributed by atoms with Gasteiger partial charge in [-0.3, -0.25) is 0 Å². The highest BCUT2D eigenvalue weighted by molar-refractivity contribution is 5.60. The first kappa shape index (κ1) is 16.4. The van der Waals surface area contributed by atoms with Crippen molar-refractivity contribution in [3.8, 4) is 22.9 Å². The normalized spacial score (nSPS) is 10.7. The van der Waals surface area contributed by atoms with Crippen LogP contribution in [-0.2, 0) is 6.54 Å². The number of imidazole rings is 1. The molecule has 0 atom stereocenters. The number of ether oxygens (including phenoxy) is 2. The zero-order valence-corrected chi connectivity index (χ0v) is 13.8. The third-order valence-corrected chi connectivity index (χ3v) is 3.62. The molecule has 0 spiro atoms. The summed E-state index contributed by atoms with van der Waals surface area (Å²) in [7, 11) is 3.08. The number of nitrogens with zero attached hydrogens (tertiary/aromatic N) is 5. The maximum absolute atomic E-state index is 11.0. The number of nitro groups is 1. The van der Waals surface area contributed by atoms with Gasteiger partial charge in [0.25, 0.3) is 5.89 Å². The van der Waals surface area contributed by atoms with Gasteiger partial charge in [0, 0.05) is 12.5 Å². The Morgan fingerprint density at radius 2 is 2.04 bits per heavy atom. The quantitative estimate of drug-likeness (QED) is 0.493. The molecular formula is C15H15N5O5. The second-order valence-electron chi connectivity index (χ2n) is 5.09. The second kappa shape index (κ2) is 6.59. The Bertz CT molecular complexity index is 917. The highest BCUT2D eigenvalue weighted by Gasteiger charge is 2.21. The Balaban J connectivity index is 1.89. The molecule has 3 rings (SSSR count). The lowest BCUT2D eigenvalue weighted by Crippen LogP contribution is -2.06. The Hall–Kier alpha value is -3.43. The zero-order valence-electron chi connectivity index (χ0n) is 13.8. The Labute approximate surface area is 142 Å². The summed E-state index contributed by atoms with van der Waals surface area (Å²) in [4.78, 5) is 18.8. The van der Waals surface area contributed by atoms with E-state index in [2.05, 4.69) is 15.1 Å². The Morgan fingerprint density at radius 3 is 2.72 bits per heavy atom. The molecule has 0 N–H and O–H groups in total. The van der Waals surface area contributed by atoms with Crippen LogP contribution in [0.15, 0.2) is 28.9 Å². The lowest BCUT2D eigenvalue weighted by Gasteiger charge is -2.07. The molecule has 10 nitrogen and oxygen atoms in total. The number of methoxy groups -OCH3 is 2. The van der Waals surface area contributed by atoms with Crippen LogP contribution >= 0.6 is 0 Å². The molecule has 2 heterocycles. The average Bonchev–Trinajstić information content (AvgIpc) is 3.22. The lowest BCUT2D eigenvalue weighted by molar-refractivity contribution is -0.392. The van der Waals surface area contributed by atoms with Gasteiger partial charge in [-0.1, -0.05) is 5.16 Å². The first-order valence-electron chi connectivity index (χ1n) is 7.25. The van der Waals surface area contributed by atoms with Crippen molar-refractivity contribution in [3.63, 3.8) is 0 Å². The second-order valence-corrected chi connectivity index (χ2v) is 5.09. The van der Waals surface area contributed by atoms with Gasteiger partial charge in [0.15, 0.2) is 23.9 Å². The predicted octanol–water partition coefficient (Wildman–Crippen LogP) is 2.22. The van der Waals surface area contributed by atoms with Crippen molar-refractivity contribution >= 4 is 5.82 Å². The van der Waals surface area contributed by atoms with Crippen molar-refractivity contribution in [2.75, 3.05) is 14.2 Å². The van der Waals surface area contributed by atoms with Crippen molar-refractivity contribution in [2.24, 2.45) is 0 Å². The monoisotopic (exact) mass is 345 g/mol. The van der Waals surface area contributed by atoms with Gasteiger partial charge in [0.2, 0.25) is 5.82 Å². The van der Waals surface area contributed by atoms with Gasteiger partial charge >= 0.3 is 5.82 Å². The summed E-state index contributed by atoms with van der Waals surface area (Å²) in [6.45, 7) is 1.72. The van der Waals surface area contributed by atoms with Crippen LogP contribution in [0, 0.1) is 17.0 Å². The van der Waals surface area contributed by atoms with Crippen molar-refractivity contribution in [1.82, 2.24) is 19.7 Å². The Kier molecular flexibility index (Phi) is 4.33. The van der Waals surface area contributed by atoms with Crippen molar-refractivity contribution < 1.29 is 18.9 Å². The molecule has 1 aromatic carbocycles. The van der Waals surface area contributed by atoms with Crippen molar-refractivity contribution in [3.05, 3.63) is 46.2 Å². The lowest BCUT2D eigenvalue weighted by atomic mass is 10.2. The van der Waals surface area contributed by atoms with Crippen LogP contribution in [0.5, 0.6) is 11.5 Å². The van der Waals surface area contributed by atoms with E-state index in [1.807, 2.05) is 0 Å². The molecule has 130 valence electrons. The molecule has 0 aliphatic carbocycles. The maximum atomic E-state index is 11.0. The largest absolute Gasteiger partial charge is 0.493 e. The fourth-order valence-electron chi connectivity index (χ4n) is 2.34. The van der Waals surface area contributed by atoms with E-state index in [0.717, 1.165) is 0 Å². The van der Waals surface area contributed by atoms with Gasteiger partial charge in [-0.25, -0.2) is 9.55 Å². The molecule has 0 fully saturated rings. The number of hydrogen-bond acceptors (Lipinski definition) is 8. The molecule has 0 radical (unpaired) electrons. The third-order valence-electron chi connectivity index (χ3n) is 3.62. The number of benzene rings is 1. The fourth-order valence-corrected chi connectivity index (χ4v) is 2.34. The summed E-state index contributed by atoms with van der Waals surface area (Å²) < 4.78 is 17.0. The highest BCUT2D eigenvalue weighted by atomic mass is 16.6. The smallest absolute Gasteiger partial charge is 0.343 e. The van der Waals surface area contributed by atoms with Crippen LogP contribution in [-0.4, -0.2) is 38.8 Å². The minimum absolute atomic E-state index is 0.0580. The molecule has 0 bridgehead atoms. The zero-order chi connectivity index (χ0) is 18.0. The molecule has 3 aromatic rings. The van der Waals surface area contributed by atoms with Crippen LogP contribution in [0.4, 0.5) is 5.82 Å². The summed E-state index contributed by atoms with van der Waals surface area (Å²) in [6.07, 6.45) is 1.20. The molecular weight excluding hydrogens is 330 g/mol. The van der Waals surface area contributed by atoms with E-state index in [-0.39, 0.29) is 18.3 Å². The summed E-state index contributed by atoms with van der Waals surface area (Å²) >= 11 is 0. The molecule has 0 amide bonds. The summed E-state index contributed by atoms with van der Waals surface area (Å²) in [5.74, 6) is 2.04. The van der Waals surface area contributed by atoms with Crippen molar-refractivity contribution in [2.45, 2.75) is 13.5 Å². The summed E-state index contributed by atoms with van der Waals surface area (Å²) in [6, 6.07) is 5.22. The molecule has 0 saturated heterocycles. The van der Waals surface area contributed by atoms with E-state index < -0.39 is 4.92 Å². The fraction of sp³-hybridized carbons (Fsp3) is 0.267. The molecule has 25 heavy (non-hydrogen) atoms.